The molecule has 1 aromatic carbocycles. The van der Waals surface area contributed by atoms with Gasteiger partial charge in [-0.2, -0.15) is 0 Å². The molecule has 1 atom stereocenters. The molecule has 0 spiro atoms. The molecule has 17 heavy (non-hydrogen) atoms. The van der Waals surface area contributed by atoms with Gasteiger partial charge in [0.1, 0.15) is 0 Å². The van der Waals surface area contributed by atoms with Crippen LogP contribution in [0.5, 0.6) is 0 Å². The fourth-order valence-electron chi connectivity index (χ4n) is 3.32. The Hall–Kier alpha value is -0.240. The lowest BCUT2D eigenvalue weighted by Gasteiger charge is -2.32. The largest absolute Gasteiger partial charge is 0.309 e. The minimum atomic E-state index is 0.424. The number of hydrogen-bond acceptors (Lipinski definition) is 1. The minimum Gasteiger partial charge on any atom is -0.309 e. The summed E-state index contributed by atoms with van der Waals surface area (Å²) >= 11 is 12.6. The van der Waals surface area contributed by atoms with Crippen LogP contribution in [0.25, 0.3) is 0 Å². The second kappa shape index (κ2) is 4.79. The number of fused-ring (bicyclic) bond motifs is 1. The monoisotopic (exact) mass is 269 g/mol. The van der Waals surface area contributed by atoms with Crippen molar-refractivity contribution in [3.8, 4) is 0 Å². The first-order valence-electron chi connectivity index (χ1n) is 6.47. The molecule has 0 unspecified atom stereocenters. The predicted molar refractivity (Wildman–Crippen MR) is 72.9 cm³/mol. The Bertz CT molecular complexity index is 424. The molecule has 3 heteroatoms. The standard InChI is InChI=1S/C14H17Cl2N/c15-11-6-5-9-7-8-17-14(12(9)13(11)16)10-3-1-2-4-10/h5-6,10,14,17H,1-4,7-8H2/t14-/m1/s1. The highest BCUT2D eigenvalue weighted by atomic mass is 35.5. The molecular formula is C14H17Cl2N. The van der Waals surface area contributed by atoms with E-state index in [4.69, 9.17) is 23.2 Å². The first kappa shape index (κ1) is 11.8. The molecule has 0 aromatic heterocycles. The lowest BCUT2D eigenvalue weighted by Crippen LogP contribution is -2.34. The fourth-order valence-corrected chi connectivity index (χ4v) is 3.78. The average Bonchev–Trinajstić information content (AvgIpc) is 2.87. The van der Waals surface area contributed by atoms with Gasteiger partial charge in [-0.05, 0) is 48.9 Å². The van der Waals surface area contributed by atoms with Crippen molar-refractivity contribution in [3.05, 3.63) is 33.3 Å². The van der Waals surface area contributed by atoms with Crippen LogP contribution >= 0.6 is 23.2 Å². The van der Waals surface area contributed by atoms with E-state index in [9.17, 15) is 0 Å². The smallest absolute Gasteiger partial charge is 0.0642 e. The van der Waals surface area contributed by atoms with E-state index in [1.807, 2.05) is 6.07 Å². The highest BCUT2D eigenvalue weighted by Crippen LogP contribution is 2.43. The zero-order chi connectivity index (χ0) is 11.8. The highest BCUT2D eigenvalue weighted by molar-refractivity contribution is 6.42. The molecule has 1 aromatic rings. The summed E-state index contributed by atoms with van der Waals surface area (Å²) in [6.45, 7) is 1.06. The van der Waals surface area contributed by atoms with Crippen LogP contribution in [0.3, 0.4) is 0 Å². The van der Waals surface area contributed by atoms with Crippen LogP contribution in [-0.4, -0.2) is 6.54 Å². The minimum absolute atomic E-state index is 0.424. The summed E-state index contributed by atoms with van der Waals surface area (Å²) in [7, 11) is 0. The normalized spacial score (nSPS) is 24.9. The van der Waals surface area contributed by atoms with Crippen molar-refractivity contribution in [3.63, 3.8) is 0 Å². The fraction of sp³-hybridized carbons (Fsp3) is 0.571. The van der Waals surface area contributed by atoms with Crippen LogP contribution in [0.2, 0.25) is 10.0 Å². The van der Waals surface area contributed by atoms with Crippen LogP contribution in [0.1, 0.15) is 42.9 Å². The van der Waals surface area contributed by atoms with Crippen LogP contribution in [0, 0.1) is 5.92 Å². The van der Waals surface area contributed by atoms with Crippen molar-refractivity contribution in [2.45, 2.75) is 38.1 Å². The van der Waals surface area contributed by atoms with Crippen molar-refractivity contribution < 1.29 is 0 Å². The van der Waals surface area contributed by atoms with Crippen molar-refractivity contribution >= 4 is 23.2 Å². The van der Waals surface area contributed by atoms with Gasteiger partial charge in [-0.1, -0.05) is 42.1 Å². The summed E-state index contributed by atoms with van der Waals surface area (Å²) in [6, 6.07) is 4.50. The third-order valence-electron chi connectivity index (χ3n) is 4.16. The Morgan fingerprint density at radius 1 is 1.12 bits per heavy atom. The zero-order valence-corrected chi connectivity index (χ0v) is 11.3. The van der Waals surface area contributed by atoms with Crippen molar-refractivity contribution in [2.24, 2.45) is 5.92 Å². The molecule has 1 aliphatic heterocycles. The second-order valence-electron chi connectivity index (χ2n) is 5.16. The molecule has 0 bridgehead atoms. The van der Waals surface area contributed by atoms with Crippen molar-refractivity contribution in [1.29, 1.82) is 0 Å². The lowest BCUT2D eigenvalue weighted by atomic mass is 9.85. The Balaban J connectivity index is 2.02. The van der Waals surface area contributed by atoms with Crippen molar-refractivity contribution in [1.82, 2.24) is 5.32 Å². The first-order chi connectivity index (χ1) is 8.27. The van der Waals surface area contributed by atoms with Crippen LogP contribution in [0.15, 0.2) is 12.1 Å². The molecule has 3 rings (SSSR count). The summed E-state index contributed by atoms with van der Waals surface area (Å²) in [4.78, 5) is 0. The highest BCUT2D eigenvalue weighted by Gasteiger charge is 2.31. The number of halogens is 2. The quantitative estimate of drug-likeness (QED) is 0.799. The van der Waals surface area contributed by atoms with E-state index in [2.05, 4.69) is 11.4 Å². The molecule has 2 aliphatic rings. The molecule has 0 amide bonds. The summed E-state index contributed by atoms with van der Waals surface area (Å²) in [5.41, 5.74) is 2.66. The van der Waals surface area contributed by atoms with Gasteiger partial charge in [0.25, 0.3) is 0 Å². The molecular weight excluding hydrogens is 253 g/mol. The summed E-state index contributed by atoms with van der Waals surface area (Å²) < 4.78 is 0. The van der Waals surface area contributed by atoms with Gasteiger partial charge in [0, 0.05) is 6.04 Å². The van der Waals surface area contributed by atoms with Gasteiger partial charge >= 0.3 is 0 Å². The van der Waals surface area contributed by atoms with Crippen LogP contribution < -0.4 is 5.32 Å². The topological polar surface area (TPSA) is 12.0 Å². The zero-order valence-electron chi connectivity index (χ0n) is 9.81. The summed E-state index contributed by atoms with van der Waals surface area (Å²) in [5.74, 6) is 0.741. The van der Waals surface area contributed by atoms with Gasteiger partial charge in [-0.3, -0.25) is 0 Å². The predicted octanol–water partition coefficient (Wildman–Crippen LogP) is 4.37. The van der Waals surface area contributed by atoms with E-state index >= 15 is 0 Å². The van der Waals surface area contributed by atoms with E-state index in [1.54, 1.807) is 0 Å². The van der Waals surface area contributed by atoms with Gasteiger partial charge in [-0.15, -0.1) is 0 Å². The van der Waals surface area contributed by atoms with Crippen LogP contribution in [-0.2, 0) is 6.42 Å². The number of benzene rings is 1. The molecule has 1 nitrogen and oxygen atoms in total. The maximum absolute atomic E-state index is 6.41. The van der Waals surface area contributed by atoms with E-state index in [0.29, 0.717) is 11.1 Å². The van der Waals surface area contributed by atoms with Gasteiger partial charge in [0.05, 0.1) is 10.0 Å². The van der Waals surface area contributed by atoms with Crippen molar-refractivity contribution in [2.75, 3.05) is 6.54 Å². The molecule has 1 N–H and O–H groups in total. The van der Waals surface area contributed by atoms with Gasteiger partial charge in [-0.25, -0.2) is 0 Å². The van der Waals surface area contributed by atoms with Gasteiger partial charge < -0.3 is 5.32 Å². The molecule has 92 valence electrons. The Labute approximate surface area is 112 Å². The molecule has 1 fully saturated rings. The molecule has 1 heterocycles. The van der Waals surface area contributed by atoms with E-state index in [0.717, 1.165) is 23.9 Å². The molecule has 0 saturated heterocycles. The Morgan fingerprint density at radius 3 is 2.65 bits per heavy atom. The lowest BCUT2D eigenvalue weighted by molar-refractivity contribution is 0.354. The van der Waals surface area contributed by atoms with Crippen LogP contribution in [0.4, 0.5) is 0 Å². The van der Waals surface area contributed by atoms with Gasteiger partial charge in [0.15, 0.2) is 0 Å². The SMILES string of the molecule is Clc1ccc2c(c1Cl)[C@@H](C1CCCC1)NCC2. The third-order valence-corrected chi connectivity index (χ3v) is 4.98. The Kier molecular flexibility index (Phi) is 3.34. The summed E-state index contributed by atoms with van der Waals surface area (Å²) in [6.07, 6.45) is 6.42. The number of nitrogens with one attached hydrogen (secondary N) is 1. The average molecular weight is 270 g/mol. The second-order valence-corrected chi connectivity index (χ2v) is 5.95. The van der Waals surface area contributed by atoms with E-state index < -0.39 is 0 Å². The third kappa shape index (κ3) is 2.09. The molecule has 0 radical (unpaired) electrons. The maximum Gasteiger partial charge on any atom is 0.0642 e. The maximum atomic E-state index is 6.41. The Morgan fingerprint density at radius 2 is 1.88 bits per heavy atom. The van der Waals surface area contributed by atoms with Gasteiger partial charge in [0.2, 0.25) is 0 Å². The first-order valence-corrected chi connectivity index (χ1v) is 7.23. The van der Waals surface area contributed by atoms with E-state index in [1.165, 1.54) is 36.8 Å². The summed E-state index contributed by atoms with van der Waals surface area (Å²) in [5, 5.41) is 5.11. The van der Waals surface area contributed by atoms with E-state index in [-0.39, 0.29) is 0 Å². The number of hydrogen-bond donors (Lipinski definition) is 1. The molecule has 1 aliphatic carbocycles. The number of rotatable bonds is 1. The molecule has 1 saturated carbocycles.